The van der Waals surface area contributed by atoms with Crippen LogP contribution in [0.4, 0.5) is 0 Å². The summed E-state index contributed by atoms with van der Waals surface area (Å²) in [5.41, 5.74) is 1.54. The molecule has 0 aliphatic heterocycles. The number of carbonyl (C=O) groups is 1. The monoisotopic (exact) mass is 205 g/mol. The Labute approximate surface area is 84.6 Å². The minimum atomic E-state index is -1.24. The summed E-state index contributed by atoms with van der Waals surface area (Å²) in [7, 11) is 0. The minimum absolute atomic E-state index is 0.156. The Hall–Kier alpha value is -2.24. The topological polar surface area (TPSA) is 89.1 Å². The number of aromatic nitrogens is 3. The fraction of sp³-hybridized carbons (Fsp3) is 0.111. The average Bonchev–Trinajstić information content (AvgIpc) is 2.66. The van der Waals surface area contributed by atoms with Gasteiger partial charge in [0.25, 0.3) is 0 Å². The van der Waals surface area contributed by atoms with Crippen LogP contribution < -0.4 is 0 Å². The van der Waals surface area contributed by atoms with Crippen molar-refractivity contribution in [3.8, 4) is 11.5 Å². The molecule has 0 atom stereocenters. The molecule has 0 saturated carbocycles. The second-order valence-corrected chi connectivity index (χ2v) is 2.97. The molecule has 0 spiro atoms. The van der Waals surface area contributed by atoms with Crippen LogP contribution >= 0.6 is 0 Å². The predicted octanol–water partition coefficient (Wildman–Crippen LogP) is 1.14. The number of aryl methyl sites for hydroxylation is 1. The van der Waals surface area contributed by atoms with Crippen molar-refractivity contribution in [3.63, 3.8) is 0 Å². The number of carboxylic acids is 1. The molecule has 0 aliphatic rings. The van der Waals surface area contributed by atoms with Crippen LogP contribution in [-0.4, -0.2) is 26.3 Å². The summed E-state index contributed by atoms with van der Waals surface area (Å²) in [4.78, 5) is 14.4. The van der Waals surface area contributed by atoms with Crippen LogP contribution in [0.15, 0.2) is 22.9 Å². The highest BCUT2D eigenvalue weighted by Gasteiger charge is 2.14. The first-order valence-electron chi connectivity index (χ1n) is 4.15. The van der Waals surface area contributed by atoms with Gasteiger partial charge in [-0.3, -0.25) is 4.98 Å². The first-order valence-corrected chi connectivity index (χ1v) is 4.15. The van der Waals surface area contributed by atoms with E-state index in [1.54, 1.807) is 12.3 Å². The lowest BCUT2D eigenvalue weighted by molar-refractivity contribution is 0.0654. The number of aromatic carboxylic acids is 1. The van der Waals surface area contributed by atoms with Gasteiger partial charge in [-0.1, -0.05) is 0 Å². The second-order valence-electron chi connectivity index (χ2n) is 2.97. The van der Waals surface area contributed by atoms with E-state index >= 15 is 0 Å². The number of hydrogen-bond acceptors (Lipinski definition) is 5. The van der Waals surface area contributed by atoms with Gasteiger partial charge < -0.3 is 9.52 Å². The van der Waals surface area contributed by atoms with Gasteiger partial charge in [-0.05, 0) is 18.6 Å². The quantitative estimate of drug-likeness (QED) is 0.790. The Kier molecular flexibility index (Phi) is 2.17. The molecule has 2 aromatic heterocycles. The molecule has 0 unspecified atom stereocenters. The lowest BCUT2D eigenvalue weighted by Gasteiger charge is -1.94. The fourth-order valence-electron chi connectivity index (χ4n) is 1.10. The molecule has 0 radical (unpaired) electrons. The molecule has 76 valence electrons. The average molecular weight is 205 g/mol. The van der Waals surface area contributed by atoms with Crippen LogP contribution in [-0.2, 0) is 0 Å². The maximum absolute atomic E-state index is 10.5. The van der Waals surface area contributed by atoms with Crippen LogP contribution in [0.3, 0.4) is 0 Å². The van der Waals surface area contributed by atoms with Gasteiger partial charge in [0.05, 0.1) is 5.56 Å². The van der Waals surface area contributed by atoms with E-state index in [0.717, 1.165) is 5.56 Å². The van der Waals surface area contributed by atoms with Crippen LogP contribution in [0.5, 0.6) is 0 Å². The molecule has 2 heterocycles. The molecule has 2 rings (SSSR count). The molecule has 15 heavy (non-hydrogen) atoms. The Morgan fingerprint density at radius 2 is 2.20 bits per heavy atom. The zero-order chi connectivity index (χ0) is 10.8. The van der Waals surface area contributed by atoms with E-state index in [-0.39, 0.29) is 5.89 Å². The number of pyridine rings is 1. The third-order valence-electron chi connectivity index (χ3n) is 1.73. The molecule has 0 saturated heterocycles. The summed E-state index contributed by atoms with van der Waals surface area (Å²) in [6.07, 6.45) is 3.21. The van der Waals surface area contributed by atoms with Crippen molar-refractivity contribution in [2.24, 2.45) is 0 Å². The summed E-state index contributed by atoms with van der Waals surface area (Å²) >= 11 is 0. The zero-order valence-corrected chi connectivity index (χ0v) is 7.84. The molecule has 0 bridgehead atoms. The molecule has 1 N–H and O–H groups in total. The molecule has 6 nitrogen and oxygen atoms in total. The number of rotatable bonds is 2. The van der Waals surface area contributed by atoms with Crippen molar-refractivity contribution in [1.29, 1.82) is 0 Å². The third kappa shape index (κ3) is 1.83. The van der Waals surface area contributed by atoms with Crippen molar-refractivity contribution in [2.75, 3.05) is 0 Å². The van der Waals surface area contributed by atoms with Gasteiger partial charge in [-0.15, -0.1) is 10.2 Å². The Morgan fingerprint density at radius 3 is 2.80 bits per heavy atom. The lowest BCUT2D eigenvalue weighted by Crippen LogP contribution is -1.95. The second kappa shape index (κ2) is 3.49. The molecular weight excluding hydrogens is 198 g/mol. The van der Waals surface area contributed by atoms with Crippen molar-refractivity contribution >= 4 is 5.97 Å². The van der Waals surface area contributed by atoms with Crippen molar-refractivity contribution in [2.45, 2.75) is 6.92 Å². The van der Waals surface area contributed by atoms with Gasteiger partial charge in [0, 0.05) is 12.4 Å². The molecule has 2 aromatic rings. The van der Waals surface area contributed by atoms with Crippen LogP contribution in [0.2, 0.25) is 0 Å². The van der Waals surface area contributed by atoms with Gasteiger partial charge in [-0.25, -0.2) is 4.79 Å². The van der Waals surface area contributed by atoms with Crippen molar-refractivity contribution in [1.82, 2.24) is 15.2 Å². The SMILES string of the molecule is Cc1cncc(-c2nnc(C(=O)O)o2)c1. The number of hydrogen-bond donors (Lipinski definition) is 1. The zero-order valence-electron chi connectivity index (χ0n) is 7.84. The van der Waals surface area contributed by atoms with Crippen LogP contribution in [0, 0.1) is 6.92 Å². The van der Waals surface area contributed by atoms with E-state index in [0.29, 0.717) is 5.56 Å². The first kappa shape index (κ1) is 9.32. The van der Waals surface area contributed by atoms with Crippen LogP contribution in [0.1, 0.15) is 16.2 Å². The van der Waals surface area contributed by atoms with Gasteiger partial charge in [-0.2, -0.15) is 0 Å². The Morgan fingerprint density at radius 1 is 1.40 bits per heavy atom. The highest BCUT2D eigenvalue weighted by Crippen LogP contribution is 2.17. The van der Waals surface area contributed by atoms with Crippen molar-refractivity contribution in [3.05, 3.63) is 29.9 Å². The molecule has 0 amide bonds. The maximum atomic E-state index is 10.5. The highest BCUT2D eigenvalue weighted by molar-refractivity contribution is 5.82. The summed E-state index contributed by atoms with van der Waals surface area (Å²) < 4.78 is 4.92. The maximum Gasteiger partial charge on any atom is 0.393 e. The van der Waals surface area contributed by atoms with Crippen molar-refractivity contribution < 1.29 is 14.3 Å². The first-order chi connectivity index (χ1) is 7.16. The normalized spacial score (nSPS) is 10.2. The molecule has 0 fully saturated rings. The summed E-state index contributed by atoms with van der Waals surface area (Å²) in [6, 6.07) is 1.78. The minimum Gasteiger partial charge on any atom is -0.474 e. The third-order valence-corrected chi connectivity index (χ3v) is 1.73. The number of nitrogens with zero attached hydrogens (tertiary/aromatic N) is 3. The van der Waals surface area contributed by atoms with E-state index < -0.39 is 11.9 Å². The largest absolute Gasteiger partial charge is 0.474 e. The van der Waals surface area contributed by atoms with E-state index in [1.807, 2.05) is 6.92 Å². The summed E-state index contributed by atoms with van der Waals surface area (Å²) in [5.74, 6) is -1.51. The van der Waals surface area contributed by atoms with E-state index in [4.69, 9.17) is 9.52 Å². The Bertz CT molecular complexity index is 507. The summed E-state index contributed by atoms with van der Waals surface area (Å²) in [5, 5.41) is 15.6. The number of carboxylic acid groups (broad SMARTS) is 1. The van der Waals surface area contributed by atoms with Gasteiger partial charge in [0.15, 0.2) is 0 Å². The standard InChI is InChI=1S/C9H7N3O3/c1-5-2-6(4-10-3-5)7-11-12-8(15-7)9(13)14/h2-4H,1H3,(H,13,14). The lowest BCUT2D eigenvalue weighted by atomic mass is 10.2. The van der Waals surface area contributed by atoms with E-state index in [9.17, 15) is 4.79 Å². The van der Waals surface area contributed by atoms with E-state index in [1.165, 1.54) is 6.20 Å². The summed E-state index contributed by atoms with van der Waals surface area (Å²) in [6.45, 7) is 1.87. The molecule has 0 aliphatic carbocycles. The molecular formula is C9H7N3O3. The predicted molar refractivity (Wildman–Crippen MR) is 49.2 cm³/mol. The highest BCUT2D eigenvalue weighted by atomic mass is 16.4. The smallest absolute Gasteiger partial charge is 0.393 e. The molecule has 6 heteroatoms. The van der Waals surface area contributed by atoms with E-state index in [2.05, 4.69) is 15.2 Å². The van der Waals surface area contributed by atoms with Crippen LogP contribution in [0.25, 0.3) is 11.5 Å². The Balaban J connectivity index is 2.41. The fourth-order valence-corrected chi connectivity index (χ4v) is 1.10. The van der Waals surface area contributed by atoms with Gasteiger partial charge in [0.1, 0.15) is 0 Å². The van der Waals surface area contributed by atoms with Gasteiger partial charge >= 0.3 is 11.9 Å². The van der Waals surface area contributed by atoms with Gasteiger partial charge in [0.2, 0.25) is 5.89 Å². The molecule has 0 aromatic carbocycles.